The highest BCUT2D eigenvalue weighted by Gasteiger charge is 2.35. The Morgan fingerprint density at radius 2 is 0.750 bits per heavy atom. The number of nitrogens with zero attached hydrogens (tertiary/aromatic N) is 12. The van der Waals surface area contributed by atoms with Crippen LogP contribution in [0.4, 0.5) is 75.4 Å². The largest absolute Gasteiger partial charge is 0.469 e. The molecule has 0 spiro atoms. The van der Waals surface area contributed by atoms with Crippen molar-refractivity contribution < 1.29 is 80.8 Å². The van der Waals surface area contributed by atoms with Gasteiger partial charge in [0.1, 0.15) is 45.2 Å². The maximum atomic E-state index is 12.8. The summed E-state index contributed by atoms with van der Waals surface area (Å²) in [6.07, 6.45) is -1.77. The molecule has 0 saturated carbocycles. The molecule has 12 heterocycles. The summed E-state index contributed by atoms with van der Waals surface area (Å²) >= 11 is 1.27. The normalized spacial score (nSPS) is 11.7. The Bertz CT molecular complexity index is 5960. The fourth-order valence-corrected chi connectivity index (χ4v) is 13.6. The van der Waals surface area contributed by atoms with Crippen LogP contribution in [0.2, 0.25) is 0 Å². The average molecular weight is 1670 g/mol. The molecule has 4 amide bonds. The quantitative estimate of drug-likeness (QED) is 0.0656. The van der Waals surface area contributed by atoms with Crippen molar-refractivity contribution in [3.05, 3.63) is 319 Å². The van der Waals surface area contributed by atoms with E-state index in [1.165, 1.54) is 79.1 Å². The molecule has 0 radical (unpaired) electrons. The topological polar surface area (TPSA) is 266 Å². The Kier molecular flexibility index (Phi) is 24.2. The monoisotopic (exact) mass is 1670 g/mol. The Balaban J connectivity index is 0.000000138. The first-order valence-corrected chi connectivity index (χ1v) is 37.2. The third kappa shape index (κ3) is 19.8. The van der Waals surface area contributed by atoms with Crippen molar-refractivity contribution in [2.75, 3.05) is 21.3 Å². The number of aromatic nitrogens is 12. The lowest BCUT2D eigenvalue weighted by Crippen LogP contribution is -2.13. The molecule has 35 heteroatoms. The lowest BCUT2D eigenvalue weighted by Gasteiger charge is -2.08. The summed E-state index contributed by atoms with van der Waals surface area (Å²) in [5.41, 5.74) is 12.3. The van der Waals surface area contributed by atoms with Gasteiger partial charge in [-0.3, -0.25) is 39.1 Å². The Labute approximate surface area is 677 Å². The van der Waals surface area contributed by atoms with Crippen molar-refractivity contribution in [3.63, 3.8) is 0 Å². The SMILES string of the molecule is Cc1ccc2c(c1)c(NC(=O)c1cccnn1)cn2Cc1ccc(C(F)(F)F)nc1.Cc1ccc2c(c1)c(NC(=O)c1ccoc1C)cn2Cc1ccc(C(F)(F)F)nc1.Cc1ccc2c(c1)c(NC(=O)c1conc1C)cn2Cc1ccc(C(F)(F)F)nc1.Cc1ccc2c(c1)c(NC(=O)c1scnc1C)cn2Cc1ccc(C(F)(F)F)nc1. The summed E-state index contributed by atoms with van der Waals surface area (Å²) in [4.78, 5) is 69.1. The number of hydrogen-bond donors (Lipinski definition) is 4. The Morgan fingerprint density at radius 1 is 0.400 bits per heavy atom. The van der Waals surface area contributed by atoms with Crippen molar-refractivity contribution in [2.24, 2.45) is 0 Å². The van der Waals surface area contributed by atoms with Crippen molar-refractivity contribution in [2.45, 2.75) is 99.4 Å². The minimum Gasteiger partial charge on any atom is -0.469 e. The van der Waals surface area contributed by atoms with Gasteiger partial charge in [-0.15, -0.1) is 16.4 Å². The molecular weight excluding hydrogens is 1600 g/mol. The number of hydrogen-bond acceptors (Lipinski definition) is 15. The number of anilines is 4. The van der Waals surface area contributed by atoms with E-state index in [9.17, 15) is 71.9 Å². The van der Waals surface area contributed by atoms with E-state index in [4.69, 9.17) is 8.94 Å². The van der Waals surface area contributed by atoms with Crippen LogP contribution < -0.4 is 21.3 Å². The summed E-state index contributed by atoms with van der Waals surface area (Å²) in [5, 5.41) is 26.1. The molecule has 0 bridgehead atoms. The molecule has 0 aliphatic carbocycles. The number of furan rings is 1. The zero-order valence-corrected chi connectivity index (χ0v) is 65.1. The maximum Gasteiger partial charge on any atom is 0.433 e. The summed E-state index contributed by atoms with van der Waals surface area (Å²) in [6, 6.07) is 37.4. The van der Waals surface area contributed by atoms with Crippen LogP contribution in [0.5, 0.6) is 0 Å². The molecule has 4 N–H and O–H groups in total. The van der Waals surface area contributed by atoms with Crippen LogP contribution in [0.15, 0.2) is 222 Å². The van der Waals surface area contributed by atoms with Gasteiger partial charge in [-0.1, -0.05) is 75.9 Å². The fourth-order valence-electron chi connectivity index (χ4n) is 12.9. The van der Waals surface area contributed by atoms with Gasteiger partial charge in [-0.25, -0.2) is 4.98 Å². The van der Waals surface area contributed by atoms with Crippen LogP contribution in [0.1, 0.15) is 125 Å². The third-order valence-electron chi connectivity index (χ3n) is 18.9. The second-order valence-electron chi connectivity index (χ2n) is 27.9. The number of halogens is 12. The molecular formula is C85H68F12N16O6S. The van der Waals surface area contributed by atoms with Crippen molar-refractivity contribution >= 4 is 101 Å². The molecule has 0 fully saturated rings. The number of nitrogens with one attached hydrogen (secondary N) is 4. The highest BCUT2D eigenvalue weighted by molar-refractivity contribution is 7.12. The molecule has 120 heavy (non-hydrogen) atoms. The molecule has 614 valence electrons. The van der Waals surface area contributed by atoms with Crippen molar-refractivity contribution in [3.8, 4) is 0 Å². The Hall–Kier alpha value is -14.1. The van der Waals surface area contributed by atoms with Gasteiger partial charge < -0.3 is 48.5 Å². The molecule has 16 aromatic rings. The van der Waals surface area contributed by atoms with Gasteiger partial charge in [0, 0.05) is 103 Å². The number of thiazole rings is 1. The van der Waals surface area contributed by atoms with Gasteiger partial charge in [0.25, 0.3) is 23.6 Å². The van der Waals surface area contributed by atoms with E-state index >= 15 is 0 Å². The van der Waals surface area contributed by atoms with E-state index in [2.05, 4.69) is 61.5 Å². The zero-order valence-electron chi connectivity index (χ0n) is 64.3. The standard InChI is InChI=1S/C22H18F3N3O2.C21H16F3N5O.C21H17F3N4O2.C21H17F3N4OS/c1-13-3-5-19-17(9-13)18(27-21(29)16-7-8-30-14(16)2)12-28(19)11-15-4-6-20(26-10-15)22(23,24)25;1-13-4-6-18-15(9-13)17(27-20(30)16-3-2-8-26-28-16)12-29(18)11-14-5-7-19(25-10-14)21(22,23)24;1-12-3-5-18-15(7-12)17(26-20(29)16-11-30-27-13(16)2)10-28(18)9-14-4-6-19(25-8-14)21(22,23)24;1-12-3-5-17-15(7-12)16(27-20(29)19-13(2)26-11-30-19)10-28(17)9-14-4-6-18(25-8-14)21(22,23)24/h3-10,12H,11H2,1-2H3,(H,27,29);2-10,12H,11H2,1H3,(H,27,30);3-8,10-11H,9H2,1-2H3,(H,26,29);3-8,10-11H,9H2,1-2H3,(H,27,29). The van der Waals surface area contributed by atoms with E-state index < -0.39 is 53.4 Å². The van der Waals surface area contributed by atoms with E-state index in [1.807, 2.05) is 119 Å². The van der Waals surface area contributed by atoms with Crippen molar-refractivity contribution in [1.82, 2.24) is 58.5 Å². The predicted molar refractivity (Wildman–Crippen MR) is 425 cm³/mol. The first kappa shape index (κ1) is 83.8. The number of aryl methyl sites for hydroxylation is 7. The van der Waals surface area contributed by atoms with E-state index in [0.717, 1.165) is 90.1 Å². The molecule has 0 saturated heterocycles. The number of alkyl halides is 12. The number of carbonyl (C=O) groups is 4. The van der Waals surface area contributed by atoms with Crippen LogP contribution in [-0.4, -0.2) is 82.2 Å². The third-order valence-corrected chi connectivity index (χ3v) is 19.8. The Morgan fingerprint density at radius 3 is 1.03 bits per heavy atom. The minimum atomic E-state index is -4.48. The number of carbonyl (C=O) groups excluding carboxylic acids is 4. The van der Waals surface area contributed by atoms with Gasteiger partial charge in [-0.2, -0.15) is 57.8 Å². The van der Waals surface area contributed by atoms with Crippen LogP contribution in [-0.2, 0) is 50.9 Å². The number of fused-ring (bicyclic) bond motifs is 4. The van der Waals surface area contributed by atoms with Gasteiger partial charge in [0.15, 0.2) is 5.69 Å². The molecule has 22 nitrogen and oxygen atoms in total. The molecule has 0 unspecified atom stereocenters. The molecule has 0 aliphatic rings. The van der Waals surface area contributed by atoms with Gasteiger partial charge in [-0.05, 0) is 162 Å². The molecule has 4 aromatic carbocycles. The summed E-state index contributed by atoms with van der Waals surface area (Å²) < 4.78 is 170. The fraction of sp³-hybridized carbons (Fsp3) is 0.176. The van der Waals surface area contributed by atoms with Gasteiger partial charge in [0.05, 0.1) is 73.5 Å². The number of rotatable bonds is 16. The minimum absolute atomic E-state index is 0.179. The van der Waals surface area contributed by atoms with E-state index in [1.54, 1.807) is 69.3 Å². The summed E-state index contributed by atoms with van der Waals surface area (Å²) in [7, 11) is 0. The van der Waals surface area contributed by atoms with Crippen LogP contribution >= 0.6 is 11.3 Å². The first-order valence-electron chi connectivity index (χ1n) is 36.3. The van der Waals surface area contributed by atoms with Gasteiger partial charge in [0.2, 0.25) is 0 Å². The van der Waals surface area contributed by atoms with Gasteiger partial charge >= 0.3 is 24.7 Å². The average Bonchev–Trinajstić information content (AvgIpc) is 1.64. The number of pyridine rings is 4. The molecule has 0 aliphatic heterocycles. The van der Waals surface area contributed by atoms with Crippen molar-refractivity contribution in [1.29, 1.82) is 0 Å². The van der Waals surface area contributed by atoms with Crippen LogP contribution in [0.3, 0.4) is 0 Å². The van der Waals surface area contributed by atoms with E-state index in [0.29, 0.717) is 104 Å². The summed E-state index contributed by atoms with van der Waals surface area (Å²) in [6.45, 7) is 14.2. The van der Waals surface area contributed by atoms with Crippen LogP contribution in [0.25, 0.3) is 43.6 Å². The molecule has 0 atom stereocenters. The zero-order chi connectivity index (χ0) is 85.7. The lowest BCUT2D eigenvalue weighted by molar-refractivity contribution is -0.142. The molecule has 16 rings (SSSR count). The summed E-state index contributed by atoms with van der Waals surface area (Å²) in [5.74, 6) is -0.779. The highest BCUT2D eigenvalue weighted by Crippen LogP contribution is 2.37. The predicted octanol–water partition coefficient (Wildman–Crippen LogP) is 20.4. The smallest absolute Gasteiger partial charge is 0.433 e. The van der Waals surface area contributed by atoms with E-state index in [-0.39, 0.29) is 23.4 Å². The number of amides is 4. The highest BCUT2D eigenvalue weighted by atomic mass is 32.1. The molecule has 12 aromatic heterocycles. The number of benzene rings is 4. The lowest BCUT2D eigenvalue weighted by atomic mass is 10.1. The first-order chi connectivity index (χ1) is 57.0. The van der Waals surface area contributed by atoms with Crippen LogP contribution in [0, 0.1) is 48.5 Å². The second-order valence-corrected chi connectivity index (χ2v) is 28.7. The second kappa shape index (κ2) is 34.6. The maximum absolute atomic E-state index is 12.8.